The second kappa shape index (κ2) is 9.76. The van der Waals surface area contributed by atoms with E-state index in [2.05, 4.69) is 52.3 Å². The lowest BCUT2D eigenvalue weighted by atomic mass is 10.1. The highest BCUT2D eigenvalue weighted by atomic mass is 16.5. The van der Waals surface area contributed by atoms with Crippen LogP contribution in [0.1, 0.15) is 26.7 Å². The highest BCUT2D eigenvalue weighted by molar-refractivity contribution is 5.92. The maximum absolute atomic E-state index is 12.0. The van der Waals surface area contributed by atoms with Crippen molar-refractivity contribution in [1.29, 1.82) is 0 Å². The van der Waals surface area contributed by atoms with Crippen LogP contribution in [-0.2, 0) is 11.3 Å². The molecule has 27 heavy (non-hydrogen) atoms. The molecule has 2 aromatic rings. The molecule has 1 aliphatic rings. The first kappa shape index (κ1) is 19.7. The minimum absolute atomic E-state index is 0.134. The highest BCUT2D eigenvalue weighted by Gasteiger charge is 2.11. The fourth-order valence-corrected chi connectivity index (χ4v) is 3.43. The van der Waals surface area contributed by atoms with Crippen LogP contribution < -0.4 is 10.6 Å². The Kier molecular flexibility index (Phi) is 7.12. The van der Waals surface area contributed by atoms with Crippen LogP contribution in [0, 0.1) is 5.92 Å². The number of carbonyl (C=O) groups excluding carboxylic acids is 1. The number of hydrogen-bond donors (Lipinski definition) is 2. The van der Waals surface area contributed by atoms with Crippen LogP contribution in [0.5, 0.6) is 0 Å². The maximum Gasteiger partial charge on any atom is 0.319 e. The van der Waals surface area contributed by atoms with Gasteiger partial charge in [0.05, 0.1) is 13.2 Å². The molecule has 0 unspecified atom stereocenters. The molecule has 2 N–H and O–H groups in total. The number of nitrogens with zero attached hydrogens (tertiary/aromatic N) is 2. The van der Waals surface area contributed by atoms with Crippen molar-refractivity contribution in [2.45, 2.75) is 33.2 Å². The van der Waals surface area contributed by atoms with Crippen LogP contribution in [0.3, 0.4) is 0 Å². The van der Waals surface area contributed by atoms with E-state index in [1.54, 1.807) is 0 Å². The first-order valence-electron chi connectivity index (χ1n) is 10.1. The molecule has 6 heteroatoms. The Morgan fingerprint density at radius 2 is 2.00 bits per heavy atom. The van der Waals surface area contributed by atoms with Gasteiger partial charge in [-0.25, -0.2) is 4.79 Å². The lowest BCUT2D eigenvalue weighted by Gasteiger charge is -2.26. The van der Waals surface area contributed by atoms with E-state index in [1.807, 2.05) is 12.1 Å². The first-order chi connectivity index (χ1) is 13.1. The topological polar surface area (TPSA) is 58.5 Å². The van der Waals surface area contributed by atoms with Crippen LogP contribution in [0.4, 0.5) is 10.5 Å². The molecule has 0 saturated carbocycles. The predicted octanol–water partition coefficient (Wildman–Crippen LogP) is 3.53. The minimum atomic E-state index is -0.134. The van der Waals surface area contributed by atoms with E-state index in [1.165, 1.54) is 5.52 Å². The summed E-state index contributed by atoms with van der Waals surface area (Å²) in [4.78, 5) is 14.5. The Morgan fingerprint density at radius 1 is 1.19 bits per heavy atom. The van der Waals surface area contributed by atoms with Gasteiger partial charge < -0.3 is 19.9 Å². The normalized spacial score (nSPS) is 15.4. The van der Waals surface area contributed by atoms with E-state index in [-0.39, 0.29) is 6.03 Å². The third-order valence-electron chi connectivity index (χ3n) is 5.03. The molecule has 148 valence electrons. The molecular formula is C21H32N4O2. The van der Waals surface area contributed by atoms with Crippen molar-refractivity contribution in [3.63, 3.8) is 0 Å². The number of rotatable bonds is 8. The Labute approximate surface area is 161 Å². The molecule has 3 rings (SSSR count). The molecular weight excluding hydrogens is 340 g/mol. The van der Waals surface area contributed by atoms with E-state index in [9.17, 15) is 4.79 Å². The second-order valence-electron chi connectivity index (χ2n) is 7.65. The predicted molar refractivity (Wildman–Crippen MR) is 110 cm³/mol. The number of urea groups is 1. The summed E-state index contributed by atoms with van der Waals surface area (Å²) in [6, 6.07) is 8.07. The van der Waals surface area contributed by atoms with E-state index in [4.69, 9.17) is 4.74 Å². The number of benzene rings is 1. The van der Waals surface area contributed by atoms with Gasteiger partial charge in [0.25, 0.3) is 0 Å². The van der Waals surface area contributed by atoms with E-state index in [0.717, 1.165) is 63.3 Å². The minimum Gasteiger partial charge on any atom is -0.379 e. The number of anilines is 1. The Balaban J connectivity index is 1.51. The van der Waals surface area contributed by atoms with Crippen LogP contribution >= 0.6 is 0 Å². The van der Waals surface area contributed by atoms with Crippen molar-refractivity contribution >= 4 is 22.6 Å². The van der Waals surface area contributed by atoms with Crippen molar-refractivity contribution in [2.75, 3.05) is 44.7 Å². The molecule has 1 fully saturated rings. The van der Waals surface area contributed by atoms with Crippen LogP contribution in [-0.4, -0.2) is 54.9 Å². The molecule has 6 nitrogen and oxygen atoms in total. The summed E-state index contributed by atoms with van der Waals surface area (Å²) in [5.74, 6) is 0.671. The lowest BCUT2D eigenvalue weighted by molar-refractivity contribution is 0.0365. The smallest absolute Gasteiger partial charge is 0.319 e. The Bertz CT molecular complexity index is 735. The zero-order valence-electron chi connectivity index (χ0n) is 16.5. The molecule has 1 aromatic heterocycles. The van der Waals surface area contributed by atoms with Gasteiger partial charge in [-0.15, -0.1) is 0 Å². The van der Waals surface area contributed by atoms with Gasteiger partial charge in [0, 0.05) is 55.5 Å². The summed E-state index contributed by atoms with van der Waals surface area (Å²) in [5.41, 5.74) is 2.03. The molecule has 0 aliphatic carbocycles. The van der Waals surface area contributed by atoms with Crippen molar-refractivity contribution in [3.8, 4) is 0 Å². The van der Waals surface area contributed by atoms with Crippen molar-refractivity contribution in [2.24, 2.45) is 5.92 Å². The summed E-state index contributed by atoms with van der Waals surface area (Å²) < 4.78 is 7.68. The zero-order valence-corrected chi connectivity index (χ0v) is 16.5. The van der Waals surface area contributed by atoms with Gasteiger partial charge in [-0.05, 0) is 43.0 Å². The standard InChI is InChI=1S/C21H32N4O2/c1-17(2)4-3-8-22-21(26)23-19-5-6-20-18(16-19)7-9-25(20)11-10-24-12-14-27-15-13-24/h5-7,9,16-17H,3-4,8,10-15H2,1-2H3,(H2,22,23,26). The van der Waals surface area contributed by atoms with Crippen molar-refractivity contribution in [3.05, 3.63) is 30.5 Å². The number of nitrogens with one attached hydrogen (secondary N) is 2. The summed E-state index contributed by atoms with van der Waals surface area (Å²) in [6.45, 7) is 10.8. The van der Waals surface area contributed by atoms with Crippen molar-refractivity contribution in [1.82, 2.24) is 14.8 Å². The lowest BCUT2D eigenvalue weighted by Crippen LogP contribution is -2.38. The molecule has 2 amide bonds. The number of fused-ring (bicyclic) bond motifs is 1. The fourth-order valence-electron chi connectivity index (χ4n) is 3.43. The van der Waals surface area contributed by atoms with Gasteiger partial charge in [-0.2, -0.15) is 0 Å². The third kappa shape index (κ3) is 5.97. The number of ether oxygens (including phenoxy) is 1. The average Bonchev–Trinajstić information content (AvgIpc) is 3.06. The van der Waals surface area contributed by atoms with Gasteiger partial charge in [0.2, 0.25) is 0 Å². The van der Waals surface area contributed by atoms with E-state index < -0.39 is 0 Å². The number of morpholine rings is 1. The Hall–Kier alpha value is -2.05. The van der Waals surface area contributed by atoms with Crippen LogP contribution in [0.25, 0.3) is 10.9 Å². The SMILES string of the molecule is CC(C)CCCNC(=O)Nc1ccc2c(ccn2CCN2CCOCC2)c1. The molecule has 0 atom stereocenters. The van der Waals surface area contributed by atoms with Crippen molar-refractivity contribution < 1.29 is 9.53 Å². The van der Waals surface area contributed by atoms with Gasteiger partial charge in [0.15, 0.2) is 0 Å². The monoisotopic (exact) mass is 372 g/mol. The first-order valence-corrected chi connectivity index (χ1v) is 10.1. The largest absolute Gasteiger partial charge is 0.379 e. The van der Waals surface area contributed by atoms with Gasteiger partial charge in [-0.1, -0.05) is 13.8 Å². The second-order valence-corrected chi connectivity index (χ2v) is 7.65. The third-order valence-corrected chi connectivity index (χ3v) is 5.03. The molecule has 1 aliphatic heterocycles. The maximum atomic E-state index is 12.0. The van der Waals surface area contributed by atoms with Crippen LogP contribution in [0.2, 0.25) is 0 Å². The quantitative estimate of drug-likeness (QED) is 0.697. The van der Waals surface area contributed by atoms with E-state index >= 15 is 0 Å². The summed E-state index contributed by atoms with van der Waals surface area (Å²) in [6.07, 6.45) is 4.27. The summed E-state index contributed by atoms with van der Waals surface area (Å²) in [5, 5.41) is 7.01. The highest BCUT2D eigenvalue weighted by Crippen LogP contribution is 2.20. The fraction of sp³-hybridized carbons (Fsp3) is 0.571. The Morgan fingerprint density at radius 3 is 2.78 bits per heavy atom. The number of aromatic nitrogens is 1. The molecule has 1 saturated heterocycles. The average molecular weight is 373 g/mol. The van der Waals surface area contributed by atoms with Gasteiger partial charge >= 0.3 is 6.03 Å². The molecule has 0 spiro atoms. The van der Waals surface area contributed by atoms with Crippen LogP contribution in [0.15, 0.2) is 30.5 Å². The number of amides is 2. The molecule has 1 aromatic carbocycles. The number of hydrogen-bond acceptors (Lipinski definition) is 3. The van der Waals surface area contributed by atoms with E-state index in [0.29, 0.717) is 12.5 Å². The van der Waals surface area contributed by atoms with Gasteiger partial charge in [-0.3, -0.25) is 4.90 Å². The summed E-state index contributed by atoms with van der Waals surface area (Å²) in [7, 11) is 0. The summed E-state index contributed by atoms with van der Waals surface area (Å²) >= 11 is 0. The van der Waals surface area contributed by atoms with Gasteiger partial charge in [0.1, 0.15) is 0 Å². The number of carbonyl (C=O) groups is 1. The molecule has 0 radical (unpaired) electrons. The molecule has 0 bridgehead atoms. The molecule has 2 heterocycles. The zero-order chi connectivity index (χ0) is 19.1.